The third-order valence-electron chi connectivity index (χ3n) is 4.15. The lowest BCUT2D eigenvalue weighted by Gasteiger charge is -2.22. The van der Waals surface area contributed by atoms with E-state index in [0.717, 1.165) is 0 Å². The topological polar surface area (TPSA) is 26.0 Å². The minimum atomic E-state index is 0.139. The molecule has 1 aliphatic rings. The van der Waals surface area contributed by atoms with Crippen molar-refractivity contribution in [2.45, 2.75) is 36.0 Å². The molecule has 3 rings (SSSR count). The summed E-state index contributed by atoms with van der Waals surface area (Å²) in [5.41, 5.74) is 9.17. The molecule has 0 spiro atoms. The van der Waals surface area contributed by atoms with Gasteiger partial charge < -0.3 is 5.73 Å². The number of nitrogens with two attached hydrogens (primary N) is 1. The largest absolute Gasteiger partial charge is 0.324 e. The molecular formula is C18H21NS. The summed E-state index contributed by atoms with van der Waals surface area (Å²) in [6.45, 7) is 2.28. The monoisotopic (exact) mass is 283 g/mol. The van der Waals surface area contributed by atoms with Gasteiger partial charge in [-0.3, -0.25) is 0 Å². The second-order valence-corrected chi connectivity index (χ2v) is 7.04. The van der Waals surface area contributed by atoms with E-state index in [1.165, 1.54) is 28.9 Å². The molecule has 2 N–H and O–H groups in total. The van der Waals surface area contributed by atoms with Crippen LogP contribution in [-0.4, -0.2) is 5.25 Å². The van der Waals surface area contributed by atoms with Crippen molar-refractivity contribution >= 4 is 11.8 Å². The Balaban J connectivity index is 1.62. The summed E-state index contributed by atoms with van der Waals surface area (Å²) in [4.78, 5) is 1.46. The molecule has 2 aromatic rings. The summed E-state index contributed by atoms with van der Waals surface area (Å²) in [6, 6.07) is 19.4. The zero-order valence-corrected chi connectivity index (χ0v) is 12.6. The quantitative estimate of drug-likeness (QED) is 0.898. The smallest absolute Gasteiger partial charge is 0.0321 e. The zero-order chi connectivity index (χ0) is 13.9. The molecule has 0 amide bonds. The molecule has 0 bridgehead atoms. The number of fused-ring (bicyclic) bond motifs is 1. The number of rotatable bonds is 4. The van der Waals surface area contributed by atoms with Crippen LogP contribution < -0.4 is 5.73 Å². The fourth-order valence-electron chi connectivity index (χ4n) is 2.95. The first kappa shape index (κ1) is 13.7. The first-order valence-electron chi connectivity index (χ1n) is 7.29. The molecule has 104 valence electrons. The zero-order valence-electron chi connectivity index (χ0n) is 11.8. The van der Waals surface area contributed by atoms with E-state index in [1.54, 1.807) is 0 Å². The predicted octanol–water partition coefficient (Wildman–Crippen LogP) is 4.43. The van der Waals surface area contributed by atoms with Crippen LogP contribution in [-0.2, 0) is 6.42 Å². The Kier molecular flexibility index (Phi) is 4.13. The van der Waals surface area contributed by atoms with E-state index in [9.17, 15) is 0 Å². The highest BCUT2D eigenvalue weighted by Gasteiger charge is 2.25. The molecule has 1 aliphatic heterocycles. The van der Waals surface area contributed by atoms with Crippen molar-refractivity contribution in [3.05, 3.63) is 65.7 Å². The van der Waals surface area contributed by atoms with Crippen molar-refractivity contribution < 1.29 is 0 Å². The molecule has 1 heterocycles. The predicted molar refractivity (Wildman–Crippen MR) is 86.9 cm³/mol. The number of thioether (sulfide) groups is 1. The van der Waals surface area contributed by atoms with Crippen molar-refractivity contribution in [3.63, 3.8) is 0 Å². The summed E-state index contributed by atoms with van der Waals surface area (Å²) in [5, 5.41) is 0.678. The average molecular weight is 283 g/mol. The molecular weight excluding hydrogens is 262 g/mol. The highest BCUT2D eigenvalue weighted by molar-refractivity contribution is 8.00. The first-order chi connectivity index (χ1) is 9.74. The summed E-state index contributed by atoms with van der Waals surface area (Å²) >= 11 is 2.02. The molecule has 0 saturated carbocycles. The van der Waals surface area contributed by atoms with Gasteiger partial charge in [-0.1, -0.05) is 55.5 Å². The molecule has 0 aromatic heterocycles. The van der Waals surface area contributed by atoms with E-state index in [2.05, 4.69) is 55.5 Å². The van der Waals surface area contributed by atoms with Gasteiger partial charge in [0.25, 0.3) is 0 Å². The average Bonchev–Trinajstić information content (AvgIpc) is 2.89. The standard InChI is InChI=1S/C18H21NS/c1-13(18(19)14-7-3-2-4-8-14)11-16-12-15-9-5-6-10-17(15)20-16/h2-10,13,16,18H,11-12,19H2,1H3. The lowest BCUT2D eigenvalue weighted by Crippen LogP contribution is -2.22. The van der Waals surface area contributed by atoms with E-state index in [4.69, 9.17) is 5.73 Å². The van der Waals surface area contributed by atoms with Crippen molar-refractivity contribution in [1.82, 2.24) is 0 Å². The minimum absolute atomic E-state index is 0.139. The Morgan fingerprint density at radius 1 is 1.10 bits per heavy atom. The van der Waals surface area contributed by atoms with Gasteiger partial charge in [0.1, 0.15) is 0 Å². The van der Waals surface area contributed by atoms with Gasteiger partial charge in [0.2, 0.25) is 0 Å². The normalized spacial score (nSPS) is 20.4. The van der Waals surface area contributed by atoms with Crippen LogP contribution >= 0.6 is 11.8 Å². The van der Waals surface area contributed by atoms with Crippen LogP contribution in [0.1, 0.15) is 30.5 Å². The third-order valence-corrected chi connectivity index (χ3v) is 5.49. The molecule has 1 nitrogen and oxygen atoms in total. The maximum Gasteiger partial charge on any atom is 0.0321 e. The lowest BCUT2D eigenvalue weighted by molar-refractivity contribution is 0.432. The minimum Gasteiger partial charge on any atom is -0.324 e. The molecule has 3 unspecified atom stereocenters. The molecule has 0 aliphatic carbocycles. The lowest BCUT2D eigenvalue weighted by atomic mass is 9.90. The van der Waals surface area contributed by atoms with Gasteiger partial charge in [0.15, 0.2) is 0 Å². The van der Waals surface area contributed by atoms with Gasteiger partial charge in [-0.15, -0.1) is 11.8 Å². The number of benzene rings is 2. The van der Waals surface area contributed by atoms with Gasteiger partial charge >= 0.3 is 0 Å². The summed E-state index contributed by atoms with van der Waals surface area (Å²) in [7, 11) is 0. The molecule has 0 fully saturated rings. The summed E-state index contributed by atoms with van der Waals surface area (Å²) in [6.07, 6.45) is 2.36. The van der Waals surface area contributed by atoms with E-state index in [1.807, 2.05) is 17.8 Å². The summed E-state index contributed by atoms with van der Waals surface area (Å²) < 4.78 is 0. The van der Waals surface area contributed by atoms with Gasteiger partial charge in [-0.2, -0.15) is 0 Å². The Morgan fingerprint density at radius 2 is 1.80 bits per heavy atom. The van der Waals surface area contributed by atoms with Gasteiger partial charge in [0, 0.05) is 16.2 Å². The van der Waals surface area contributed by atoms with E-state index >= 15 is 0 Å². The molecule has 3 atom stereocenters. The maximum absolute atomic E-state index is 6.41. The Hall–Kier alpha value is -1.25. The number of hydrogen-bond donors (Lipinski definition) is 1. The maximum atomic E-state index is 6.41. The molecule has 20 heavy (non-hydrogen) atoms. The van der Waals surface area contributed by atoms with E-state index < -0.39 is 0 Å². The van der Waals surface area contributed by atoms with Crippen molar-refractivity contribution in [2.24, 2.45) is 11.7 Å². The second kappa shape index (κ2) is 6.02. The Labute approximate surface area is 125 Å². The highest BCUT2D eigenvalue weighted by Crippen LogP contribution is 2.40. The third kappa shape index (κ3) is 2.92. The van der Waals surface area contributed by atoms with E-state index in [0.29, 0.717) is 11.2 Å². The van der Waals surface area contributed by atoms with E-state index in [-0.39, 0.29) is 6.04 Å². The van der Waals surface area contributed by atoms with Gasteiger partial charge in [-0.25, -0.2) is 0 Å². The van der Waals surface area contributed by atoms with Crippen LogP contribution in [0.4, 0.5) is 0 Å². The fraction of sp³-hybridized carbons (Fsp3) is 0.333. The molecule has 2 heteroatoms. The second-order valence-electron chi connectivity index (χ2n) is 5.70. The Bertz CT molecular complexity index is 542. The van der Waals surface area contributed by atoms with Crippen LogP contribution in [0.2, 0.25) is 0 Å². The molecule has 2 aromatic carbocycles. The Morgan fingerprint density at radius 3 is 2.55 bits per heavy atom. The van der Waals surface area contributed by atoms with Gasteiger partial charge in [0.05, 0.1) is 0 Å². The summed E-state index contributed by atoms with van der Waals surface area (Å²) in [5.74, 6) is 0.504. The number of hydrogen-bond acceptors (Lipinski definition) is 2. The molecule has 0 saturated heterocycles. The van der Waals surface area contributed by atoms with Crippen LogP contribution in [0.25, 0.3) is 0 Å². The van der Waals surface area contributed by atoms with Crippen molar-refractivity contribution in [1.29, 1.82) is 0 Å². The van der Waals surface area contributed by atoms with Crippen molar-refractivity contribution in [2.75, 3.05) is 0 Å². The SMILES string of the molecule is CC(CC1Cc2ccccc2S1)C(N)c1ccccc1. The van der Waals surface area contributed by atoms with Crippen molar-refractivity contribution in [3.8, 4) is 0 Å². The van der Waals surface area contributed by atoms with Crippen LogP contribution in [0.3, 0.4) is 0 Å². The van der Waals surface area contributed by atoms with Crippen LogP contribution in [0.5, 0.6) is 0 Å². The van der Waals surface area contributed by atoms with Crippen LogP contribution in [0.15, 0.2) is 59.5 Å². The van der Waals surface area contributed by atoms with Gasteiger partial charge in [-0.05, 0) is 36.0 Å². The van der Waals surface area contributed by atoms with Crippen LogP contribution in [0, 0.1) is 5.92 Å². The fourth-order valence-corrected chi connectivity index (χ4v) is 4.43. The first-order valence-corrected chi connectivity index (χ1v) is 8.17. The molecule has 0 radical (unpaired) electrons. The highest BCUT2D eigenvalue weighted by atomic mass is 32.2.